The van der Waals surface area contributed by atoms with Crippen LogP contribution in [0.1, 0.15) is 31.9 Å². The van der Waals surface area contributed by atoms with Gasteiger partial charge in [0.15, 0.2) is 0 Å². The minimum atomic E-state index is -0.793. The Morgan fingerprint density at radius 3 is 2.43 bits per heavy atom. The Balaban J connectivity index is 1.90. The number of nitrogens with one attached hydrogen (secondary N) is 2. The van der Waals surface area contributed by atoms with Gasteiger partial charge in [0.1, 0.15) is 11.7 Å². The van der Waals surface area contributed by atoms with Crippen molar-refractivity contribution in [2.75, 3.05) is 10.6 Å². The van der Waals surface area contributed by atoms with Crippen molar-refractivity contribution in [3.8, 4) is 11.3 Å². The first kappa shape index (κ1) is 24.2. The van der Waals surface area contributed by atoms with E-state index in [1.54, 1.807) is 48.5 Å². The van der Waals surface area contributed by atoms with Crippen molar-refractivity contribution in [1.29, 1.82) is 0 Å². The number of anilines is 2. The minimum Gasteiger partial charge on any atom is -0.326 e. The number of hydrogen-bond donors (Lipinski definition) is 2. The molecule has 4 rings (SSSR count). The van der Waals surface area contributed by atoms with Crippen LogP contribution in [0, 0.1) is 6.92 Å². The fourth-order valence-corrected chi connectivity index (χ4v) is 4.16. The summed E-state index contributed by atoms with van der Waals surface area (Å²) < 4.78 is 1.49. The van der Waals surface area contributed by atoms with E-state index >= 15 is 0 Å². The molecule has 0 aliphatic carbocycles. The van der Waals surface area contributed by atoms with Gasteiger partial charge in [0.2, 0.25) is 11.8 Å². The van der Waals surface area contributed by atoms with Crippen molar-refractivity contribution < 1.29 is 9.59 Å². The number of nitrogens with zero attached hydrogens (tertiary/aromatic N) is 2. The lowest BCUT2D eigenvalue weighted by Crippen LogP contribution is -2.34. The van der Waals surface area contributed by atoms with E-state index in [4.69, 9.17) is 11.6 Å². The first-order valence-corrected chi connectivity index (χ1v) is 11.6. The van der Waals surface area contributed by atoms with Crippen LogP contribution in [0.25, 0.3) is 22.3 Å². The second kappa shape index (κ2) is 10.1. The number of para-hydroxylation sites is 2. The van der Waals surface area contributed by atoms with Crippen LogP contribution in [0.4, 0.5) is 11.4 Å². The van der Waals surface area contributed by atoms with E-state index in [1.807, 2.05) is 32.0 Å². The molecule has 178 valence electrons. The summed E-state index contributed by atoms with van der Waals surface area (Å²) in [6, 6.07) is 18.6. The highest BCUT2D eigenvalue weighted by molar-refractivity contribution is 6.30. The van der Waals surface area contributed by atoms with Gasteiger partial charge in [-0.3, -0.25) is 19.0 Å². The van der Waals surface area contributed by atoms with Gasteiger partial charge in [0.25, 0.3) is 5.56 Å². The highest BCUT2D eigenvalue weighted by Gasteiger charge is 2.25. The summed E-state index contributed by atoms with van der Waals surface area (Å²) in [5.74, 6) is -0.587. The molecule has 1 aromatic heterocycles. The number of amides is 2. The van der Waals surface area contributed by atoms with Gasteiger partial charge in [-0.15, -0.1) is 0 Å². The van der Waals surface area contributed by atoms with E-state index in [1.165, 1.54) is 11.5 Å². The van der Waals surface area contributed by atoms with Crippen LogP contribution in [0.2, 0.25) is 5.02 Å². The zero-order valence-corrected chi connectivity index (χ0v) is 20.4. The summed E-state index contributed by atoms with van der Waals surface area (Å²) in [5.41, 5.74) is 3.32. The molecule has 4 aromatic rings. The normalized spacial score (nSPS) is 11.8. The molecule has 0 saturated heterocycles. The molecular weight excluding hydrogens is 464 g/mol. The van der Waals surface area contributed by atoms with E-state index < -0.39 is 11.6 Å². The summed E-state index contributed by atoms with van der Waals surface area (Å²) in [7, 11) is 0. The van der Waals surface area contributed by atoms with Crippen molar-refractivity contribution >= 4 is 45.8 Å². The largest absolute Gasteiger partial charge is 0.326 e. The van der Waals surface area contributed by atoms with Crippen LogP contribution in [-0.2, 0) is 9.59 Å². The molecule has 0 bridgehead atoms. The highest BCUT2D eigenvalue weighted by atomic mass is 35.5. The van der Waals surface area contributed by atoms with Gasteiger partial charge in [-0.1, -0.05) is 42.3 Å². The maximum atomic E-state index is 13.9. The average Bonchev–Trinajstić information content (AvgIpc) is 2.83. The Morgan fingerprint density at radius 2 is 1.74 bits per heavy atom. The molecule has 0 aliphatic heterocycles. The fraction of sp³-hybridized carbons (Fsp3) is 0.185. The van der Waals surface area contributed by atoms with E-state index in [-0.39, 0.29) is 17.5 Å². The minimum absolute atomic E-state index is 0.161. The third kappa shape index (κ3) is 5.10. The van der Waals surface area contributed by atoms with Crippen molar-refractivity contribution in [3.05, 3.63) is 87.7 Å². The number of carbonyl (C=O) groups excluding carboxylic acids is 2. The van der Waals surface area contributed by atoms with Crippen LogP contribution in [0.15, 0.2) is 71.5 Å². The third-order valence-electron chi connectivity index (χ3n) is 5.65. The topological polar surface area (TPSA) is 93.1 Å². The fourth-order valence-electron chi connectivity index (χ4n) is 4.04. The van der Waals surface area contributed by atoms with Gasteiger partial charge in [0.05, 0.1) is 16.7 Å². The number of halogens is 1. The van der Waals surface area contributed by atoms with Crippen molar-refractivity contribution in [2.45, 2.75) is 33.2 Å². The lowest BCUT2D eigenvalue weighted by Gasteiger charge is -2.21. The number of hydrogen-bond acceptors (Lipinski definition) is 4. The van der Waals surface area contributed by atoms with Gasteiger partial charge in [0, 0.05) is 23.2 Å². The van der Waals surface area contributed by atoms with E-state index in [0.717, 1.165) is 5.56 Å². The summed E-state index contributed by atoms with van der Waals surface area (Å²) in [4.78, 5) is 43.7. The number of aryl methyl sites for hydroxylation is 1. The van der Waals surface area contributed by atoms with Crippen LogP contribution in [0.3, 0.4) is 0 Å². The Bertz CT molecular complexity index is 1480. The zero-order chi connectivity index (χ0) is 25.1. The maximum absolute atomic E-state index is 13.9. The molecule has 0 spiro atoms. The SMILES string of the molecule is CC[C@@H](C(=O)Nc1ccc(Cl)cc1)n1c(=O)c(-c2cc(C)ccc2NC(C)=O)nc2ccccc21. The van der Waals surface area contributed by atoms with Crippen LogP contribution in [-0.4, -0.2) is 21.4 Å². The van der Waals surface area contributed by atoms with Gasteiger partial charge >= 0.3 is 0 Å². The Labute approximate surface area is 207 Å². The van der Waals surface area contributed by atoms with E-state index in [0.29, 0.717) is 39.4 Å². The van der Waals surface area contributed by atoms with Crippen LogP contribution < -0.4 is 16.2 Å². The standard InChI is InChI=1S/C27H25ClN4O3/c1-4-23(26(34)30-19-12-10-18(28)11-13-19)32-24-8-6-5-7-22(24)31-25(27(32)35)20-15-16(2)9-14-21(20)29-17(3)33/h5-15,23H,4H2,1-3H3,(H,29,33)(H,30,34)/t23-/m0/s1. The van der Waals surface area contributed by atoms with Gasteiger partial charge in [-0.05, 0) is 61.9 Å². The number of carbonyl (C=O) groups is 2. The van der Waals surface area contributed by atoms with Gasteiger partial charge in [-0.2, -0.15) is 0 Å². The summed E-state index contributed by atoms with van der Waals surface area (Å²) in [5, 5.41) is 6.22. The second-order valence-corrected chi connectivity index (χ2v) is 8.71. The smallest absolute Gasteiger partial charge is 0.278 e. The molecular formula is C27H25ClN4O3. The second-order valence-electron chi connectivity index (χ2n) is 8.27. The summed E-state index contributed by atoms with van der Waals surface area (Å²) in [6.07, 6.45) is 0.374. The zero-order valence-electron chi connectivity index (χ0n) is 19.6. The number of fused-ring (bicyclic) bond motifs is 1. The molecule has 0 fully saturated rings. The first-order chi connectivity index (χ1) is 16.8. The quantitative estimate of drug-likeness (QED) is 0.371. The lowest BCUT2D eigenvalue weighted by molar-refractivity contribution is -0.119. The number of rotatable bonds is 6. The van der Waals surface area contributed by atoms with E-state index in [9.17, 15) is 14.4 Å². The summed E-state index contributed by atoms with van der Waals surface area (Å²) in [6.45, 7) is 5.15. The Morgan fingerprint density at radius 1 is 1.03 bits per heavy atom. The van der Waals surface area contributed by atoms with Gasteiger partial charge in [-0.25, -0.2) is 4.98 Å². The molecule has 3 aromatic carbocycles. The molecule has 0 unspecified atom stereocenters. The number of aromatic nitrogens is 2. The van der Waals surface area contributed by atoms with Crippen molar-refractivity contribution in [2.24, 2.45) is 0 Å². The average molecular weight is 489 g/mol. The van der Waals surface area contributed by atoms with E-state index in [2.05, 4.69) is 15.6 Å². The molecule has 35 heavy (non-hydrogen) atoms. The molecule has 0 radical (unpaired) electrons. The molecule has 2 amide bonds. The van der Waals surface area contributed by atoms with Crippen molar-refractivity contribution in [3.63, 3.8) is 0 Å². The Hall–Kier alpha value is -3.97. The molecule has 8 heteroatoms. The third-order valence-corrected chi connectivity index (χ3v) is 5.90. The van der Waals surface area contributed by atoms with Crippen LogP contribution >= 0.6 is 11.6 Å². The first-order valence-electron chi connectivity index (χ1n) is 11.2. The van der Waals surface area contributed by atoms with Gasteiger partial charge < -0.3 is 10.6 Å². The predicted molar refractivity (Wildman–Crippen MR) is 140 cm³/mol. The lowest BCUT2D eigenvalue weighted by atomic mass is 10.0. The van der Waals surface area contributed by atoms with Crippen molar-refractivity contribution in [1.82, 2.24) is 9.55 Å². The number of benzene rings is 3. The molecule has 7 nitrogen and oxygen atoms in total. The Kier molecular flexibility index (Phi) is 6.98. The summed E-state index contributed by atoms with van der Waals surface area (Å²) >= 11 is 5.96. The highest BCUT2D eigenvalue weighted by Crippen LogP contribution is 2.29. The molecule has 1 heterocycles. The monoisotopic (exact) mass is 488 g/mol. The van der Waals surface area contributed by atoms with Crippen LogP contribution in [0.5, 0.6) is 0 Å². The predicted octanol–water partition coefficient (Wildman–Crippen LogP) is 5.57. The maximum Gasteiger partial charge on any atom is 0.278 e. The molecule has 0 saturated carbocycles. The molecule has 1 atom stereocenters. The molecule has 0 aliphatic rings. The molecule has 2 N–H and O–H groups in total.